The summed E-state index contributed by atoms with van der Waals surface area (Å²) in [7, 11) is 1.55. The number of hydrogen-bond donors (Lipinski definition) is 1. The van der Waals surface area contributed by atoms with Crippen molar-refractivity contribution in [3.8, 4) is 34.5 Å². The Bertz CT molecular complexity index is 1170. The van der Waals surface area contributed by atoms with Gasteiger partial charge in [-0.25, -0.2) is 9.97 Å². The fraction of sp³-hybridized carbons (Fsp3) is 0.111. The number of halogens is 1. The van der Waals surface area contributed by atoms with E-state index in [4.69, 9.17) is 21.1 Å². The third-order valence-corrected chi connectivity index (χ3v) is 5.53. The van der Waals surface area contributed by atoms with Crippen LogP contribution in [0.4, 0.5) is 0 Å². The Hall–Kier alpha value is -2.77. The number of fused-ring (bicyclic) bond motifs is 2. The number of aromatic nitrogens is 3. The van der Waals surface area contributed by atoms with Gasteiger partial charge in [-0.15, -0.1) is 11.3 Å². The van der Waals surface area contributed by atoms with Crippen LogP contribution < -0.4 is 9.47 Å². The lowest BCUT2D eigenvalue weighted by molar-refractivity contribution is 0.395. The molecule has 1 aliphatic rings. The van der Waals surface area contributed by atoms with Crippen LogP contribution in [0.5, 0.6) is 23.3 Å². The second-order valence-electron chi connectivity index (χ2n) is 5.80. The normalized spacial score (nSPS) is 12.1. The monoisotopic (exact) mass is 385 g/mol. The summed E-state index contributed by atoms with van der Waals surface area (Å²) in [4.78, 5) is 9.95. The number of ether oxygens (including phenoxy) is 2. The summed E-state index contributed by atoms with van der Waals surface area (Å²) in [6.07, 6.45) is 1.67. The first kappa shape index (κ1) is 15.5. The maximum Gasteiger partial charge on any atom is 0.213 e. The van der Waals surface area contributed by atoms with E-state index in [1.165, 1.54) is 11.3 Å². The molecule has 0 aliphatic carbocycles. The van der Waals surface area contributed by atoms with Crippen molar-refractivity contribution < 1.29 is 14.6 Å². The average molecular weight is 386 g/mol. The standard InChI is InChI=1S/C18H12ClN3O3S/c1-24-13-5-3-11-16(21-13)15-14-10(25-11)6-7-20-17(14)22(18(15)23)8-9-2-4-12(19)26-9/h2-7,23H,8H2,1H3. The molecular weight excluding hydrogens is 374 g/mol. The first-order chi connectivity index (χ1) is 12.7. The Balaban J connectivity index is 1.78. The van der Waals surface area contributed by atoms with Gasteiger partial charge in [-0.3, -0.25) is 4.57 Å². The highest BCUT2D eigenvalue weighted by molar-refractivity contribution is 7.16. The van der Waals surface area contributed by atoms with Gasteiger partial charge >= 0.3 is 0 Å². The minimum atomic E-state index is 0.0924. The predicted octanol–water partition coefficient (Wildman–Crippen LogP) is 4.68. The number of hydrogen-bond acceptors (Lipinski definition) is 6. The summed E-state index contributed by atoms with van der Waals surface area (Å²) >= 11 is 7.51. The molecule has 0 aromatic carbocycles. The number of methoxy groups -OCH3 is 1. The minimum Gasteiger partial charge on any atom is -0.494 e. The SMILES string of the molecule is COc1ccc2c(n1)-c1c(O)n(Cc3ccc(Cl)s3)c3nccc(c13)O2. The Labute approximate surface area is 157 Å². The van der Waals surface area contributed by atoms with E-state index in [-0.39, 0.29) is 5.88 Å². The number of aromatic hydroxyl groups is 1. The summed E-state index contributed by atoms with van der Waals surface area (Å²) in [6, 6.07) is 9.07. The van der Waals surface area contributed by atoms with Gasteiger partial charge < -0.3 is 14.6 Å². The quantitative estimate of drug-likeness (QED) is 0.488. The van der Waals surface area contributed by atoms with Gasteiger partial charge in [0.15, 0.2) is 5.75 Å². The molecule has 4 aromatic rings. The highest BCUT2D eigenvalue weighted by Gasteiger charge is 2.30. The van der Waals surface area contributed by atoms with Crippen LogP contribution in [0.1, 0.15) is 4.88 Å². The average Bonchev–Trinajstić information content (AvgIpc) is 3.19. The van der Waals surface area contributed by atoms with Crippen LogP contribution in [0.3, 0.4) is 0 Å². The molecule has 1 N–H and O–H groups in total. The van der Waals surface area contributed by atoms with E-state index in [1.54, 1.807) is 36.1 Å². The second-order valence-corrected chi connectivity index (χ2v) is 7.60. The minimum absolute atomic E-state index is 0.0924. The lowest BCUT2D eigenvalue weighted by Gasteiger charge is -2.17. The molecule has 1 aliphatic heterocycles. The summed E-state index contributed by atoms with van der Waals surface area (Å²) in [5, 5.41) is 11.7. The van der Waals surface area contributed by atoms with Crippen molar-refractivity contribution in [2.75, 3.05) is 7.11 Å². The molecule has 0 bridgehead atoms. The Morgan fingerprint density at radius 2 is 2.12 bits per heavy atom. The Morgan fingerprint density at radius 3 is 2.88 bits per heavy atom. The molecule has 0 unspecified atom stereocenters. The molecular formula is C18H12ClN3O3S. The van der Waals surface area contributed by atoms with Gasteiger partial charge in [-0.2, -0.15) is 0 Å². The summed E-state index contributed by atoms with van der Waals surface area (Å²) in [5.74, 6) is 1.75. The van der Waals surface area contributed by atoms with E-state index < -0.39 is 0 Å². The third kappa shape index (κ3) is 2.17. The van der Waals surface area contributed by atoms with Crippen molar-refractivity contribution in [2.45, 2.75) is 6.54 Å². The van der Waals surface area contributed by atoms with Crippen LogP contribution >= 0.6 is 22.9 Å². The molecule has 0 atom stereocenters. The number of thiophene rings is 1. The first-order valence-corrected chi connectivity index (χ1v) is 9.03. The van der Waals surface area contributed by atoms with E-state index in [9.17, 15) is 5.11 Å². The highest BCUT2D eigenvalue weighted by atomic mass is 35.5. The Morgan fingerprint density at radius 1 is 1.23 bits per heavy atom. The zero-order valence-electron chi connectivity index (χ0n) is 13.6. The van der Waals surface area contributed by atoms with Crippen LogP contribution in [0.2, 0.25) is 4.34 Å². The van der Waals surface area contributed by atoms with Crippen molar-refractivity contribution in [1.82, 2.24) is 14.5 Å². The fourth-order valence-corrected chi connectivity index (χ4v) is 4.27. The van der Waals surface area contributed by atoms with Gasteiger partial charge in [0.05, 0.1) is 28.9 Å². The van der Waals surface area contributed by atoms with Gasteiger partial charge in [-0.05, 0) is 24.3 Å². The maximum atomic E-state index is 11.0. The van der Waals surface area contributed by atoms with Crippen molar-refractivity contribution in [2.24, 2.45) is 0 Å². The van der Waals surface area contributed by atoms with Crippen molar-refractivity contribution in [3.63, 3.8) is 0 Å². The van der Waals surface area contributed by atoms with Crippen LogP contribution in [-0.4, -0.2) is 26.8 Å². The molecule has 0 amide bonds. The van der Waals surface area contributed by atoms with E-state index >= 15 is 0 Å². The third-order valence-electron chi connectivity index (χ3n) is 4.32. The van der Waals surface area contributed by atoms with Crippen molar-refractivity contribution in [1.29, 1.82) is 0 Å². The van der Waals surface area contributed by atoms with Crippen LogP contribution in [0.25, 0.3) is 22.3 Å². The maximum absolute atomic E-state index is 11.0. The molecule has 130 valence electrons. The molecule has 0 saturated carbocycles. The molecule has 4 aromatic heterocycles. The van der Waals surface area contributed by atoms with Gasteiger partial charge in [0.1, 0.15) is 17.1 Å². The predicted molar refractivity (Wildman–Crippen MR) is 99.7 cm³/mol. The van der Waals surface area contributed by atoms with Gasteiger partial charge in [0.2, 0.25) is 11.8 Å². The highest BCUT2D eigenvalue weighted by Crippen LogP contribution is 2.51. The summed E-state index contributed by atoms with van der Waals surface area (Å²) in [6.45, 7) is 0.454. The molecule has 6 nitrogen and oxygen atoms in total. The lowest BCUT2D eigenvalue weighted by Crippen LogP contribution is -1.99. The molecule has 0 spiro atoms. The number of rotatable bonds is 3. The van der Waals surface area contributed by atoms with Crippen LogP contribution in [0, 0.1) is 0 Å². The number of nitrogens with zero attached hydrogens (tertiary/aromatic N) is 3. The fourth-order valence-electron chi connectivity index (χ4n) is 3.19. The lowest BCUT2D eigenvalue weighted by atomic mass is 10.1. The number of pyridine rings is 2. The summed E-state index contributed by atoms with van der Waals surface area (Å²) in [5.41, 5.74) is 1.77. The van der Waals surface area contributed by atoms with Crippen molar-refractivity contribution in [3.05, 3.63) is 45.7 Å². The van der Waals surface area contributed by atoms with Crippen molar-refractivity contribution >= 4 is 34.0 Å². The van der Waals surface area contributed by atoms with Gasteiger partial charge in [0, 0.05) is 17.1 Å². The molecule has 0 fully saturated rings. The molecule has 8 heteroatoms. The van der Waals surface area contributed by atoms with E-state index in [0.29, 0.717) is 45.2 Å². The Kier molecular flexibility index (Phi) is 3.35. The zero-order chi connectivity index (χ0) is 17.8. The van der Waals surface area contributed by atoms with Crippen LogP contribution in [-0.2, 0) is 6.54 Å². The van der Waals surface area contributed by atoms with Gasteiger partial charge in [0.25, 0.3) is 0 Å². The first-order valence-electron chi connectivity index (χ1n) is 7.83. The van der Waals surface area contributed by atoms with Gasteiger partial charge in [-0.1, -0.05) is 11.6 Å². The molecule has 5 rings (SSSR count). The van der Waals surface area contributed by atoms with Crippen LogP contribution in [0.15, 0.2) is 36.5 Å². The van der Waals surface area contributed by atoms with E-state index in [1.807, 2.05) is 12.1 Å². The molecule has 0 saturated heterocycles. The summed E-state index contributed by atoms with van der Waals surface area (Å²) < 4.78 is 13.6. The largest absolute Gasteiger partial charge is 0.494 e. The zero-order valence-corrected chi connectivity index (χ0v) is 15.1. The molecule has 0 radical (unpaired) electrons. The molecule has 5 heterocycles. The molecule has 26 heavy (non-hydrogen) atoms. The topological polar surface area (TPSA) is 69.4 Å². The van der Waals surface area contributed by atoms with E-state index in [2.05, 4.69) is 9.97 Å². The smallest absolute Gasteiger partial charge is 0.213 e. The van der Waals surface area contributed by atoms with E-state index in [0.717, 1.165) is 10.3 Å². The second kappa shape index (κ2) is 5.62.